The number of thioether (sulfide) groups is 1. The third kappa shape index (κ3) is 9.82. The van der Waals surface area contributed by atoms with Crippen LogP contribution in [0.25, 0.3) is 0 Å². The summed E-state index contributed by atoms with van der Waals surface area (Å²) in [5, 5.41) is 14.2. The van der Waals surface area contributed by atoms with Gasteiger partial charge < -0.3 is 34.1 Å². The van der Waals surface area contributed by atoms with E-state index in [1.165, 1.54) is 17.8 Å². The van der Waals surface area contributed by atoms with Gasteiger partial charge in [-0.3, -0.25) is 14.4 Å². The molecule has 1 amide bonds. The van der Waals surface area contributed by atoms with Crippen LogP contribution in [0.3, 0.4) is 0 Å². The average molecular weight is 684 g/mol. The molecule has 0 radical (unpaired) electrons. The molecule has 2 aliphatic rings. The Morgan fingerprint density at radius 2 is 1.53 bits per heavy atom. The van der Waals surface area contributed by atoms with E-state index in [4.69, 9.17) is 23.7 Å². The summed E-state index contributed by atoms with van der Waals surface area (Å²) in [5.41, 5.74) is -2.62. The third-order valence-electron chi connectivity index (χ3n) is 7.85. The van der Waals surface area contributed by atoms with Gasteiger partial charge in [0.05, 0.1) is 12.0 Å². The molecule has 0 aliphatic heterocycles. The molecule has 3 rings (SSSR count). The number of aliphatic hydroxyl groups is 1. The lowest BCUT2D eigenvalue weighted by Gasteiger charge is -2.38. The van der Waals surface area contributed by atoms with Gasteiger partial charge in [-0.2, -0.15) is 0 Å². The number of esters is 4. The fraction of sp³-hybridized carbons (Fsp3) is 0.667. The number of aliphatic hydroxyl groups excluding tert-OH is 1. The van der Waals surface area contributed by atoms with Crippen molar-refractivity contribution in [3.05, 3.63) is 29.6 Å². The maximum atomic E-state index is 14.1. The number of ether oxygens (including phenoxy) is 5. The van der Waals surface area contributed by atoms with Crippen molar-refractivity contribution in [2.45, 2.75) is 90.4 Å². The second-order valence-corrected chi connectivity index (χ2v) is 14.9. The van der Waals surface area contributed by atoms with Crippen molar-refractivity contribution in [3.63, 3.8) is 0 Å². The molecule has 1 aromatic carbocycles. The summed E-state index contributed by atoms with van der Waals surface area (Å²) in [6.07, 6.45) is -2.13. The van der Waals surface area contributed by atoms with Crippen molar-refractivity contribution >= 4 is 41.7 Å². The number of fused-ring (bicyclic) bond motifs is 1. The number of carbonyl (C=O) groups excluding carboxylic acids is 5. The number of halogens is 1. The van der Waals surface area contributed by atoms with Crippen LogP contribution < -0.4 is 5.32 Å². The fourth-order valence-electron chi connectivity index (χ4n) is 5.85. The molecule has 12 nitrogen and oxygen atoms in total. The molecule has 0 heterocycles. The fourth-order valence-corrected chi connectivity index (χ4v) is 7.10. The van der Waals surface area contributed by atoms with Crippen LogP contribution in [0.5, 0.6) is 0 Å². The minimum Gasteiger partial charge on any atom is -0.444 e. The van der Waals surface area contributed by atoms with Gasteiger partial charge in [0.15, 0.2) is 5.54 Å². The molecule has 262 valence electrons. The van der Waals surface area contributed by atoms with E-state index in [9.17, 15) is 33.5 Å². The largest absolute Gasteiger partial charge is 0.444 e. The van der Waals surface area contributed by atoms with Crippen LogP contribution in [-0.2, 0) is 42.9 Å². The molecule has 2 N–H and O–H groups in total. The summed E-state index contributed by atoms with van der Waals surface area (Å²) in [6.45, 7) is 12.3. The maximum absolute atomic E-state index is 14.1. The Hall–Kier alpha value is -3.39. The molecular weight excluding hydrogens is 637 g/mol. The lowest BCUT2D eigenvalue weighted by atomic mass is 9.80. The first-order valence-electron chi connectivity index (χ1n) is 15.6. The number of hydrogen-bond acceptors (Lipinski definition) is 12. The van der Waals surface area contributed by atoms with Gasteiger partial charge in [-0.05, 0) is 63.3 Å². The van der Waals surface area contributed by atoms with E-state index in [1.54, 1.807) is 39.8 Å². The van der Waals surface area contributed by atoms with Crippen molar-refractivity contribution in [1.82, 2.24) is 5.32 Å². The van der Waals surface area contributed by atoms with Gasteiger partial charge in [-0.15, -0.1) is 11.8 Å². The molecule has 0 bridgehead atoms. The van der Waals surface area contributed by atoms with E-state index in [1.807, 2.05) is 27.7 Å². The Labute approximate surface area is 278 Å². The summed E-state index contributed by atoms with van der Waals surface area (Å²) < 4.78 is 40.1. The van der Waals surface area contributed by atoms with Crippen LogP contribution in [0.1, 0.15) is 66.9 Å². The van der Waals surface area contributed by atoms with E-state index in [2.05, 4.69) is 5.32 Å². The molecule has 2 aliphatic carbocycles. The maximum Gasteiger partial charge on any atom is 0.408 e. The highest BCUT2D eigenvalue weighted by molar-refractivity contribution is 7.99. The second kappa shape index (κ2) is 15.7. The van der Waals surface area contributed by atoms with Crippen LogP contribution in [-0.4, -0.2) is 71.7 Å². The zero-order valence-electron chi connectivity index (χ0n) is 28.1. The second-order valence-electron chi connectivity index (χ2n) is 13.8. The topological polar surface area (TPSA) is 164 Å². The third-order valence-corrected chi connectivity index (χ3v) is 8.96. The standard InChI is InChI=1S/C33H46FNO11S/c1-17(2)11-23(36)42-15-44-29(39)26-25-27(26)33(35-31(41)46-32(6,7)8,30(40)45-16-43-24(37)12-18(3)4)21(28(25)38)14-47-20-9-10-22(34)19(5)13-20/h9-10,13,17-18,21,25-28,38H,11-12,14-16H2,1-8H3,(H,35,41)/t21-,25+,26+,27+,28-,33+/m1/s1. The molecule has 0 saturated heterocycles. The quantitative estimate of drug-likeness (QED) is 0.122. The van der Waals surface area contributed by atoms with Crippen molar-refractivity contribution in [2.24, 2.45) is 35.5 Å². The molecule has 2 saturated carbocycles. The smallest absolute Gasteiger partial charge is 0.408 e. The van der Waals surface area contributed by atoms with Gasteiger partial charge in [0, 0.05) is 41.2 Å². The van der Waals surface area contributed by atoms with Gasteiger partial charge in [0.25, 0.3) is 0 Å². The summed E-state index contributed by atoms with van der Waals surface area (Å²) in [5.74, 6) is -7.38. The minimum absolute atomic E-state index is 0.0106. The molecular formula is C33H46FNO11S. The van der Waals surface area contributed by atoms with E-state index in [-0.39, 0.29) is 30.4 Å². The Balaban J connectivity index is 1.93. The van der Waals surface area contributed by atoms with Crippen LogP contribution in [0, 0.1) is 48.2 Å². The van der Waals surface area contributed by atoms with Gasteiger partial charge in [-0.25, -0.2) is 14.0 Å². The number of benzene rings is 1. The minimum atomic E-state index is -2.03. The molecule has 0 unspecified atom stereocenters. The Morgan fingerprint density at radius 1 is 0.957 bits per heavy atom. The van der Waals surface area contributed by atoms with Gasteiger partial charge >= 0.3 is 30.0 Å². The zero-order valence-corrected chi connectivity index (χ0v) is 28.9. The zero-order chi connectivity index (χ0) is 35.3. The predicted molar refractivity (Wildman–Crippen MR) is 167 cm³/mol. The van der Waals surface area contributed by atoms with Crippen LogP contribution >= 0.6 is 11.8 Å². The Kier molecular flexibility index (Phi) is 12.7. The molecule has 2 fully saturated rings. The summed E-state index contributed by atoms with van der Waals surface area (Å²) >= 11 is 1.21. The van der Waals surface area contributed by atoms with Crippen molar-refractivity contribution < 1.29 is 57.2 Å². The van der Waals surface area contributed by atoms with E-state index >= 15 is 0 Å². The lowest BCUT2D eigenvalue weighted by molar-refractivity contribution is -0.176. The molecule has 14 heteroatoms. The number of nitrogens with one attached hydrogen (secondary N) is 1. The van der Waals surface area contributed by atoms with Crippen LogP contribution in [0.4, 0.5) is 9.18 Å². The number of amides is 1. The van der Waals surface area contributed by atoms with Crippen LogP contribution in [0.15, 0.2) is 23.1 Å². The van der Waals surface area contributed by atoms with Crippen molar-refractivity contribution in [1.29, 1.82) is 0 Å². The van der Waals surface area contributed by atoms with Crippen LogP contribution in [0.2, 0.25) is 0 Å². The van der Waals surface area contributed by atoms with Crippen molar-refractivity contribution in [3.8, 4) is 0 Å². The normalized spacial score (nSPS) is 24.7. The number of rotatable bonds is 14. The van der Waals surface area contributed by atoms with Crippen molar-refractivity contribution in [2.75, 3.05) is 19.3 Å². The summed E-state index contributed by atoms with van der Waals surface area (Å²) in [7, 11) is 0. The highest BCUT2D eigenvalue weighted by atomic mass is 32.2. The molecule has 0 aromatic heterocycles. The van der Waals surface area contributed by atoms with Gasteiger partial charge in [0.1, 0.15) is 11.4 Å². The number of hydrogen-bond donors (Lipinski definition) is 2. The monoisotopic (exact) mass is 683 g/mol. The molecule has 47 heavy (non-hydrogen) atoms. The van der Waals surface area contributed by atoms with E-state index < -0.39 is 90.3 Å². The Morgan fingerprint density at radius 3 is 2.06 bits per heavy atom. The van der Waals surface area contributed by atoms with Gasteiger partial charge in [-0.1, -0.05) is 27.7 Å². The summed E-state index contributed by atoms with van der Waals surface area (Å²) in [4.78, 5) is 65.3. The number of carbonyl (C=O) groups is 5. The first kappa shape index (κ1) is 38.1. The van der Waals surface area contributed by atoms with E-state index in [0.29, 0.717) is 10.5 Å². The Bertz CT molecular complexity index is 1330. The molecule has 6 atom stereocenters. The summed E-state index contributed by atoms with van der Waals surface area (Å²) in [6, 6.07) is 4.45. The first-order valence-corrected chi connectivity index (χ1v) is 16.6. The molecule has 0 spiro atoms. The average Bonchev–Trinajstić information content (AvgIpc) is 3.63. The SMILES string of the molecule is Cc1cc(SC[C@@H]2[C@@H](O)[C@H]3[C@H](C(=O)OCOC(=O)CC(C)C)[C@H]3[C@]2(NC(=O)OC(C)(C)C)C(=O)OCOC(=O)CC(C)C)ccc1F. The molecule has 1 aromatic rings. The number of alkyl carbamates (subject to hydrolysis) is 1. The number of aryl methyl sites for hydroxylation is 1. The highest BCUT2D eigenvalue weighted by Gasteiger charge is 2.80. The van der Waals surface area contributed by atoms with E-state index in [0.717, 1.165) is 0 Å². The lowest BCUT2D eigenvalue weighted by Crippen LogP contribution is -2.63. The predicted octanol–water partition coefficient (Wildman–Crippen LogP) is 4.52. The van der Waals surface area contributed by atoms with Gasteiger partial charge in [0.2, 0.25) is 13.6 Å². The first-order chi connectivity index (χ1) is 21.9. The highest BCUT2D eigenvalue weighted by Crippen LogP contribution is 2.66.